The van der Waals surface area contributed by atoms with Crippen LogP contribution in [0.2, 0.25) is 0 Å². The molecular weight excluding hydrogens is 128 g/mol. The zero-order chi connectivity index (χ0) is 7.40. The highest BCUT2D eigenvalue weighted by Crippen LogP contribution is 1.97. The van der Waals surface area contributed by atoms with E-state index in [4.69, 9.17) is 0 Å². The van der Waals surface area contributed by atoms with Crippen molar-refractivity contribution in [3.05, 3.63) is 12.2 Å². The highest BCUT2D eigenvalue weighted by Gasteiger charge is 2.11. The van der Waals surface area contributed by atoms with Crippen LogP contribution in [-0.4, -0.2) is 37.5 Å². The molecule has 1 aliphatic heterocycles. The standard InChI is InChI=1S/C7H12N2O/c1-8-6-7(10)9-4-2-3-5-9/h2-3,8H,4-6H2,1H3. The molecule has 0 saturated carbocycles. The highest BCUT2D eigenvalue weighted by molar-refractivity contribution is 5.78. The van der Waals surface area contributed by atoms with Crippen LogP contribution in [0.4, 0.5) is 0 Å². The maximum Gasteiger partial charge on any atom is 0.237 e. The molecule has 0 fully saturated rings. The Hall–Kier alpha value is -0.830. The first-order valence-electron chi connectivity index (χ1n) is 3.42. The Morgan fingerprint density at radius 3 is 2.70 bits per heavy atom. The predicted molar refractivity (Wildman–Crippen MR) is 39.6 cm³/mol. The number of carbonyl (C=O) groups is 1. The minimum atomic E-state index is 0.174. The maximum atomic E-state index is 11.1. The lowest BCUT2D eigenvalue weighted by Crippen LogP contribution is -2.35. The van der Waals surface area contributed by atoms with Crippen molar-refractivity contribution in [2.24, 2.45) is 0 Å². The molecule has 1 N–H and O–H groups in total. The molecule has 1 aliphatic rings. The fourth-order valence-electron chi connectivity index (χ4n) is 0.945. The first kappa shape index (κ1) is 7.28. The summed E-state index contributed by atoms with van der Waals surface area (Å²) in [6, 6.07) is 0. The molecule has 0 radical (unpaired) electrons. The van der Waals surface area contributed by atoms with Gasteiger partial charge in [-0.2, -0.15) is 0 Å². The molecule has 0 spiro atoms. The second-order valence-corrected chi connectivity index (χ2v) is 2.30. The molecule has 1 heterocycles. The third-order valence-electron chi connectivity index (χ3n) is 1.50. The van der Waals surface area contributed by atoms with Crippen LogP contribution < -0.4 is 5.32 Å². The Balaban J connectivity index is 2.28. The van der Waals surface area contributed by atoms with E-state index in [1.54, 1.807) is 11.9 Å². The number of amides is 1. The van der Waals surface area contributed by atoms with E-state index in [1.165, 1.54) is 0 Å². The van der Waals surface area contributed by atoms with Gasteiger partial charge in [0.25, 0.3) is 0 Å². The molecule has 0 aromatic carbocycles. The SMILES string of the molecule is CNCC(=O)N1CC=CC1. The molecule has 0 saturated heterocycles. The summed E-state index contributed by atoms with van der Waals surface area (Å²) in [5.41, 5.74) is 0. The molecule has 0 bridgehead atoms. The van der Waals surface area contributed by atoms with Crippen LogP contribution in [0, 0.1) is 0 Å². The van der Waals surface area contributed by atoms with E-state index in [0.29, 0.717) is 6.54 Å². The van der Waals surface area contributed by atoms with Gasteiger partial charge in [-0.05, 0) is 7.05 Å². The van der Waals surface area contributed by atoms with Crippen molar-refractivity contribution < 1.29 is 4.79 Å². The summed E-state index contributed by atoms with van der Waals surface area (Å²) in [6.45, 7) is 2.00. The van der Waals surface area contributed by atoms with Gasteiger partial charge in [0.05, 0.1) is 6.54 Å². The highest BCUT2D eigenvalue weighted by atomic mass is 16.2. The quantitative estimate of drug-likeness (QED) is 0.529. The molecule has 1 amide bonds. The van der Waals surface area contributed by atoms with E-state index in [2.05, 4.69) is 5.32 Å². The zero-order valence-corrected chi connectivity index (χ0v) is 6.13. The maximum absolute atomic E-state index is 11.1. The smallest absolute Gasteiger partial charge is 0.237 e. The Labute approximate surface area is 60.7 Å². The lowest BCUT2D eigenvalue weighted by atomic mass is 10.5. The van der Waals surface area contributed by atoms with Crippen LogP contribution in [0.5, 0.6) is 0 Å². The normalized spacial score (nSPS) is 16.3. The Morgan fingerprint density at radius 1 is 1.60 bits per heavy atom. The number of hydrogen-bond donors (Lipinski definition) is 1. The monoisotopic (exact) mass is 140 g/mol. The Kier molecular flexibility index (Phi) is 2.45. The molecule has 0 aliphatic carbocycles. The van der Waals surface area contributed by atoms with E-state index in [-0.39, 0.29) is 5.91 Å². The second-order valence-electron chi connectivity index (χ2n) is 2.30. The van der Waals surface area contributed by atoms with Crippen LogP contribution in [0.3, 0.4) is 0 Å². The Morgan fingerprint density at radius 2 is 2.20 bits per heavy atom. The molecule has 0 atom stereocenters. The number of hydrogen-bond acceptors (Lipinski definition) is 2. The topological polar surface area (TPSA) is 32.3 Å². The number of carbonyl (C=O) groups excluding carboxylic acids is 1. The Bertz CT molecular complexity index is 146. The fraction of sp³-hybridized carbons (Fsp3) is 0.571. The van der Waals surface area contributed by atoms with Gasteiger partial charge in [0.2, 0.25) is 5.91 Å². The van der Waals surface area contributed by atoms with Crippen molar-refractivity contribution >= 4 is 5.91 Å². The van der Waals surface area contributed by atoms with E-state index in [9.17, 15) is 4.79 Å². The molecule has 0 aromatic rings. The second kappa shape index (κ2) is 3.37. The number of nitrogens with one attached hydrogen (secondary N) is 1. The van der Waals surface area contributed by atoms with Crippen molar-refractivity contribution in [1.82, 2.24) is 10.2 Å². The lowest BCUT2D eigenvalue weighted by molar-refractivity contribution is -0.128. The van der Waals surface area contributed by atoms with Crippen molar-refractivity contribution in [3.8, 4) is 0 Å². The van der Waals surface area contributed by atoms with Crippen LogP contribution >= 0.6 is 0 Å². The average molecular weight is 140 g/mol. The third-order valence-corrected chi connectivity index (χ3v) is 1.50. The van der Waals surface area contributed by atoms with Gasteiger partial charge in [-0.3, -0.25) is 4.79 Å². The van der Waals surface area contributed by atoms with Gasteiger partial charge in [-0.15, -0.1) is 0 Å². The fourth-order valence-corrected chi connectivity index (χ4v) is 0.945. The molecule has 10 heavy (non-hydrogen) atoms. The zero-order valence-electron chi connectivity index (χ0n) is 6.13. The van der Waals surface area contributed by atoms with Gasteiger partial charge in [-0.25, -0.2) is 0 Å². The van der Waals surface area contributed by atoms with Crippen molar-refractivity contribution in [3.63, 3.8) is 0 Å². The summed E-state index contributed by atoms with van der Waals surface area (Å²) >= 11 is 0. The first-order valence-corrected chi connectivity index (χ1v) is 3.42. The van der Waals surface area contributed by atoms with Gasteiger partial charge >= 0.3 is 0 Å². The van der Waals surface area contributed by atoms with Gasteiger partial charge in [0, 0.05) is 13.1 Å². The van der Waals surface area contributed by atoms with Gasteiger partial charge in [0.15, 0.2) is 0 Å². The van der Waals surface area contributed by atoms with Crippen LogP contribution in [0.1, 0.15) is 0 Å². The molecular formula is C7H12N2O. The minimum Gasteiger partial charge on any atom is -0.334 e. The number of likely N-dealkylation sites (N-methyl/N-ethyl adjacent to an activating group) is 1. The van der Waals surface area contributed by atoms with Crippen molar-refractivity contribution in [1.29, 1.82) is 0 Å². The van der Waals surface area contributed by atoms with Crippen LogP contribution in [0.15, 0.2) is 12.2 Å². The predicted octanol–water partition coefficient (Wildman–Crippen LogP) is -0.396. The number of nitrogens with zero attached hydrogens (tertiary/aromatic N) is 1. The van der Waals surface area contributed by atoms with Crippen molar-refractivity contribution in [2.45, 2.75) is 0 Å². The van der Waals surface area contributed by atoms with Crippen LogP contribution in [-0.2, 0) is 4.79 Å². The minimum absolute atomic E-state index is 0.174. The summed E-state index contributed by atoms with van der Waals surface area (Å²) in [7, 11) is 1.78. The van der Waals surface area contributed by atoms with E-state index >= 15 is 0 Å². The largest absolute Gasteiger partial charge is 0.334 e. The van der Waals surface area contributed by atoms with Gasteiger partial charge < -0.3 is 10.2 Å². The summed E-state index contributed by atoms with van der Waals surface area (Å²) in [4.78, 5) is 12.9. The molecule has 3 nitrogen and oxygen atoms in total. The molecule has 1 rings (SSSR count). The summed E-state index contributed by atoms with van der Waals surface area (Å²) < 4.78 is 0. The lowest BCUT2D eigenvalue weighted by Gasteiger charge is -2.14. The summed E-state index contributed by atoms with van der Waals surface area (Å²) in [6.07, 6.45) is 4.01. The third kappa shape index (κ3) is 1.57. The van der Waals surface area contributed by atoms with Crippen LogP contribution in [0.25, 0.3) is 0 Å². The summed E-state index contributed by atoms with van der Waals surface area (Å²) in [5.74, 6) is 0.174. The number of rotatable bonds is 2. The first-order chi connectivity index (χ1) is 4.84. The van der Waals surface area contributed by atoms with E-state index < -0.39 is 0 Å². The molecule has 0 aromatic heterocycles. The molecule has 56 valence electrons. The van der Waals surface area contributed by atoms with Gasteiger partial charge in [-0.1, -0.05) is 12.2 Å². The average Bonchev–Trinajstić information content (AvgIpc) is 2.38. The van der Waals surface area contributed by atoms with E-state index in [0.717, 1.165) is 13.1 Å². The van der Waals surface area contributed by atoms with E-state index in [1.807, 2.05) is 12.2 Å². The summed E-state index contributed by atoms with van der Waals surface area (Å²) in [5, 5.41) is 2.83. The van der Waals surface area contributed by atoms with Gasteiger partial charge in [0.1, 0.15) is 0 Å². The molecule has 0 unspecified atom stereocenters. The van der Waals surface area contributed by atoms with Crippen molar-refractivity contribution in [2.75, 3.05) is 26.7 Å². The molecule has 3 heteroatoms.